The van der Waals surface area contributed by atoms with Crippen molar-refractivity contribution in [3.8, 4) is 5.75 Å². The van der Waals surface area contributed by atoms with Crippen molar-refractivity contribution >= 4 is 35.0 Å². The Hall–Kier alpha value is -2.70. The second-order valence-electron chi connectivity index (χ2n) is 6.12. The first-order valence-corrected chi connectivity index (χ1v) is 9.10. The van der Waals surface area contributed by atoms with Gasteiger partial charge in [0, 0.05) is 12.7 Å². The fourth-order valence-electron chi connectivity index (χ4n) is 3.11. The minimum atomic E-state index is -0.162. The van der Waals surface area contributed by atoms with Gasteiger partial charge in [0.05, 0.1) is 19.4 Å². The molecule has 3 rings (SSSR count). The summed E-state index contributed by atoms with van der Waals surface area (Å²) in [5.41, 5.74) is 4.12. The van der Waals surface area contributed by atoms with E-state index < -0.39 is 0 Å². The van der Waals surface area contributed by atoms with Crippen LogP contribution in [0.25, 0.3) is 6.08 Å². The molecular weight excluding hydrogens is 360 g/mol. The highest BCUT2D eigenvalue weighted by molar-refractivity contribution is 7.80. The van der Waals surface area contributed by atoms with Crippen LogP contribution in [0.4, 0.5) is 5.69 Å². The summed E-state index contributed by atoms with van der Waals surface area (Å²) < 4.78 is 10.6. The van der Waals surface area contributed by atoms with E-state index in [4.69, 9.17) is 21.7 Å². The molecule has 1 aliphatic heterocycles. The minimum absolute atomic E-state index is 0.162. The number of methoxy groups -OCH3 is 2. The predicted octanol–water partition coefficient (Wildman–Crippen LogP) is 3.67. The molecule has 0 bridgehead atoms. The fourth-order valence-corrected chi connectivity index (χ4v) is 3.40. The molecule has 0 radical (unpaired) electrons. The van der Waals surface area contributed by atoms with E-state index in [-0.39, 0.29) is 5.91 Å². The first-order chi connectivity index (χ1) is 13.1. The number of aryl methyl sites for hydroxylation is 1. The molecule has 2 aromatic rings. The number of para-hydroxylation sites is 1. The topological polar surface area (TPSA) is 50.8 Å². The fraction of sp³-hybridized carbons (Fsp3) is 0.238. The van der Waals surface area contributed by atoms with Crippen LogP contribution in [0.3, 0.4) is 0 Å². The number of hydrogen-bond acceptors (Lipinski definition) is 4. The summed E-state index contributed by atoms with van der Waals surface area (Å²) >= 11 is 5.42. The van der Waals surface area contributed by atoms with Gasteiger partial charge in [-0.05, 0) is 54.0 Å². The van der Waals surface area contributed by atoms with E-state index in [9.17, 15) is 4.79 Å². The molecule has 0 spiro atoms. The molecule has 5 nitrogen and oxygen atoms in total. The average molecular weight is 382 g/mol. The van der Waals surface area contributed by atoms with E-state index >= 15 is 0 Å². The van der Waals surface area contributed by atoms with Crippen LogP contribution < -0.4 is 15.0 Å². The summed E-state index contributed by atoms with van der Waals surface area (Å²) in [7, 11) is 3.25. The monoisotopic (exact) mass is 382 g/mol. The Balaban J connectivity index is 1.94. The van der Waals surface area contributed by atoms with Crippen LogP contribution >= 0.6 is 12.2 Å². The lowest BCUT2D eigenvalue weighted by Gasteiger charge is -2.17. The number of ether oxygens (including phenoxy) is 2. The Bertz CT molecular complexity index is 908. The zero-order valence-corrected chi connectivity index (χ0v) is 16.4. The third-order valence-corrected chi connectivity index (χ3v) is 4.69. The Morgan fingerprint density at radius 1 is 1.15 bits per heavy atom. The molecule has 1 heterocycles. The molecule has 0 unspecified atom stereocenters. The van der Waals surface area contributed by atoms with Gasteiger partial charge >= 0.3 is 0 Å². The van der Waals surface area contributed by atoms with Crippen LogP contribution in [-0.4, -0.2) is 25.2 Å². The van der Waals surface area contributed by atoms with Crippen LogP contribution in [0.1, 0.15) is 23.6 Å². The Morgan fingerprint density at radius 3 is 2.63 bits per heavy atom. The molecule has 0 saturated carbocycles. The van der Waals surface area contributed by atoms with Gasteiger partial charge in [0.1, 0.15) is 11.4 Å². The second kappa shape index (κ2) is 8.33. The van der Waals surface area contributed by atoms with E-state index in [0.29, 0.717) is 17.4 Å². The highest BCUT2D eigenvalue weighted by Gasteiger charge is 2.32. The van der Waals surface area contributed by atoms with E-state index in [1.165, 1.54) is 0 Å². The van der Waals surface area contributed by atoms with E-state index in [1.807, 2.05) is 42.5 Å². The number of hydrogen-bond donors (Lipinski definition) is 1. The molecule has 1 amide bonds. The summed E-state index contributed by atoms with van der Waals surface area (Å²) in [4.78, 5) is 14.5. The van der Waals surface area contributed by atoms with Crippen molar-refractivity contribution in [3.63, 3.8) is 0 Å². The largest absolute Gasteiger partial charge is 0.496 e. The van der Waals surface area contributed by atoms with Crippen molar-refractivity contribution in [1.82, 2.24) is 5.32 Å². The van der Waals surface area contributed by atoms with Crippen LogP contribution in [0.5, 0.6) is 5.75 Å². The quantitative estimate of drug-likeness (QED) is 0.610. The highest BCUT2D eigenvalue weighted by Crippen LogP contribution is 2.27. The molecule has 1 aliphatic rings. The summed E-state index contributed by atoms with van der Waals surface area (Å²) in [6.45, 7) is 2.48. The van der Waals surface area contributed by atoms with Crippen LogP contribution in [0.2, 0.25) is 0 Å². The number of thiocarbonyl (C=S) groups is 1. The van der Waals surface area contributed by atoms with Gasteiger partial charge < -0.3 is 14.8 Å². The van der Waals surface area contributed by atoms with E-state index in [0.717, 1.165) is 34.5 Å². The molecule has 2 aromatic carbocycles. The number of nitrogens with zero attached hydrogens (tertiary/aromatic N) is 1. The summed E-state index contributed by atoms with van der Waals surface area (Å²) in [6, 6.07) is 13.5. The summed E-state index contributed by atoms with van der Waals surface area (Å²) in [6.07, 6.45) is 2.61. The number of anilines is 1. The summed E-state index contributed by atoms with van der Waals surface area (Å²) in [5, 5.41) is 3.43. The summed E-state index contributed by atoms with van der Waals surface area (Å²) in [5.74, 6) is 0.587. The average Bonchev–Trinajstić information content (AvgIpc) is 2.95. The maximum absolute atomic E-state index is 13.0. The molecule has 0 aromatic heterocycles. The lowest BCUT2D eigenvalue weighted by molar-refractivity contribution is -0.113. The van der Waals surface area contributed by atoms with Gasteiger partial charge in [-0.2, -0.15) is 0 Å². The molecule has 1 fully saturated rings. The van der Waals surface area contributed by atoms with Gasteiger partial charge in [-0.15, -0.1) is 0 Å². The van der Waals surface area contributed by atoms with Crippen molar-refractivity contribution in [3.05, 3.63) is 64.9 Å². The maximum Gasteiger partial charge on any atom is 0.281 e. The van der Waals surface area contributed by atoms with Crippen molar-refractivity contribution in [1.29, 1.82) is 0 Å². The number of nitrogens with one attached hydrogen (secondary N) is 1. The molecule has 27 heavy (non-hydrogen) atoms. The predicted molar refractivity (Wildman–Crippen MR) is 111 cm³/mol. The van der Waals surface area contributed by atoms with Gasteiger partial charge in [-0.25, -0.2) is 0 Å². The number of amides is 1. The minimum Gasteiger partial charge on any atom is -0.496 e. The molecular formula is C21H22N2O3S. The molecule has 6 heteroatoms. The van der Waals surface area contributed by atoms with Crippen LogP contribution in [0, 0.1) is 0 Å². The molecule has 140 valence electrons. The second-order valence-corrected chi connectivity index (χ2v) is 6.50. The Labute approximate surface area is 164 Å². The van der Waals surface area contributed by atoms with Crippen molar-refractivity contribution < 1.29 is 14.3 Å². The lowest BCUT2D eigenvalue weighted by Crippen LogP contribution is -2.31. The van der Waals surface area contributed by atoms with Crippen LogP contribution in [0.15, 0.2) is 48.2 Å². The standard InChI is InChI=1S/C21H22N2O3S/c1-4-15-7-5-6-8-18(15)23-20(24)17(22-21(23)27)12-14-9-10-19(26-3)16(11-14)13-25-2/h5-12H,4,13H2,1-3H3,(H,22,27)/b17-12+. The number of rotatable bonds is 6. The first-order valence-electron chi connectivity index (χ1n) is 8.70. The SMILES string of the molecule is CCc1ccccc1N1C(=O)/C(=C\c2ccc(OC)c(COC)c2)NC1=S. The number of benzene rings is 2. The maximum atomic E-state index is 13.0. The molecule has 1 saturated heterocycles. The molecule has 0 atom stereocenters. The smallest absolute Gasteiger partial charge is 0.281 e. The lowest BCUT2D eigenvalue weighted by atomic mass is 10.1. The van der Waals surface area contributed by atoms with Gasteiger partial charge in [-0.3, -0.25) is 9.69 Å². The van der Waals surface area contributed by atoms with Gasteiger partial charge in [0.25, 0.3) is 5.91 Å². The number of carbonyl (C=O) groups is 1. The zero-order chi connectivity index (χ0) is 19.4. The van der Waals surface area contributed by atoms with Crippen molar-refractivity contribution in [2.24, 2.45) is 0 Å². The van der Waals surface area contributed by atoms with Gasteiger partial charge in [-0.1, -0.05) is 31.2 Å². The normalized spacial score (nSPS) is 15.4. The van der Waals surface area contributed by atoms with E-state index in [2.05, 4.69) is 12.2 Å². The molecule has 0 aliphatic carbocycles. The first kappa shape index (κ1) is 19.1. The van der Waals surface area contributed by atoms with E-state index in [1.54, 1.807) is 25.2 Å². The van der Waals surface area contributed by atoms with Crippen molar-refractivity contribution in [2.75, 3.05) is 19.1 Å². The molecule has 1 N–H and O–H groups in total. The van der Waals surface area contributed by atoms with Gasteiger partial charge in [0.2, 0.25) is 0 Å². The number of carbonyl (C=O) groups excluding carboxylic acids is 1. The van der Waals surface area contributed by atoms with Gasteiger partial charge in [0.15, 0.2) is 5.11 Å². The zero-order valence-electron chi connectivity index (χ0n) is 15.6. The highest BCUT2D eigenvalue weighted by atomic mass is 32.1. The third kappa shape index (κ3) is 3.86. The Kier molecular flexibility index (Phi) is 5.88. The Morgan fingerprint density at radius 2 is 1.93 bits per heavy atom. The third-order valence-electron chi connectivity index (χ3n) is 4.41. The van der Waals surface area contributed by atoms with Crippen LogP contribution in [-0.2, 0) is 22.6 Å². The van der Waals surface area contributed by atoms with Crippen molar-refractivity contribution in [2.45, 2.75) is 20.0 Å².